The number of hydrogen-bond acceptors (Lipinski definition) is 4. The van der Waals surface area contributed by atoms with Gasteiger partial charge in [-0.1, -0.05) is 18.2 Å². The van der Waals surface area contributed by atoms with Crippen molar-refractivity contribution in [2.75, 3.05) is 7.05 Å². The van der Waals surface area contributed by atoms with E-state index in [0.717, 1.165) is 22.7 Å². The molecule has 0 spiro atoms. The predicted octanol–water partition coefficient (Wildman–Crippen LogP) is 2.34. The van der Waals surface area contributed by atoms with Crippen molar-refractivity contribution >= 4 is 5.96 Å². The molecule has 0 aliphatic rings. The summed E-state index contributed by atoms with van der Waals surface area (Å²) in [5.41, 5.74) is 3.07. The summed E-state index contributed by atoms with van der Waals surface area (Å²) < 4.78 is 7.42. The van der Waals surface area contributed by atoms with Gasteiger partial charge in [0.2, 0.25) is 5.89 Å². The van der Waals surface area contributed by atoms with Crippen molar-refractivity contribution in [3.05, 3.63) is 65.6 Å². The van der Waals surface area contributed by atoms with Gasteiger partial charge < -0.3 is 15.1 Å². The summed E-state index contributed by atoms with van der Waals surface area (Å²) in [5.74, 6) is 2.17. The van der Waals surface area contributed by atoms with Crippen LogP contribution in [0.1, 0.15) is 22.9 Å². The van der Waals surface area contributed by atoms with E-state index in [9.17, 15) is 0 Å². The van der Waals surface area contributed by atoms with Crippen LogP contribution in [0.4, 0.5) is 0 Å². The van der Waals surface area contributed by atoms with Crippen molar-refractivity contribution in [1.29, 1.82) is 0 Å². The topological polar surface area (TPSA) is 80.3 Å². The molecule has 7 heteroatoms. The molecule has 0 fully saturated rings. The molecule has 0 saturated heterocycles. The third kappa shape index (κ3) is 4.06. The van der Waals surface area contributed by atoms with E-state index in [4.69, 9.17) is 4.42 Å². The molecule has 0 aliphatic heterocycles. The molecule has 0 aliphatic carbocycles. The number of aliphatic imine (C=N–C) groups is 1. The Bertz CT molecular complexity index is 831. The highest BCUT2D eigenvalue weighted by Gasteiger charge is 2.08. The average molecular weight is 338 g/mol. The molecule has 0 radical (unpaired) electrons. The number of hydrogen-bond donors (Lipinski definition) is 2. The molecule has 7 nitrogen and oxygen atoms in total. The number of aryl methyl sites for hydroxylation is 2. The second-order valence-electron chi connectivity index (χ2n) is 5.61. The first-order valence-corrected chi connectivity index (χ1v) is 8.12. The van der Waals surface area contributed by atoms with E-state index in [2.05, 4.69) is 31.8 Å². The van der Waals surface area contributed by atoms with E-state index in [1.54, 1.807) is 13.2 Å². The van der Waals surface area contributed by atoms with Crippen LogP contribution in [0.15, 0.2) is 52.1 Å². The number of oxazole rings is 1. The Balaban J connectivity index is 1.62. The second kappa shape index (κ2) is 7.65. The molecule has 0 unspecified atom stereocenters. The Morgan fingerprint density at radius 1 is 1.16 bits per heavy atom. The van der Waals surface area contributed by atoms with Crippen molar-refractivity contribution in [3.8, 4) is 5.69 Å². The zero-order valence-electron chi connectivity index (χ0n) is 14.7. The summed E-state index contributed by atoms with van der Waals surface area (Å²) in [6, 6.07) is 10.0. The number of aromatic nitrogens is 3. The highest BCUT2D eigenvalue weighted by Crippen LogP contribution is 2.13. The molecule has 3 aromatic rings. The summed E-state index contributed by atoms with van der Waals surface area (Å²) in [7, 11) is 1.74. The van der Waals surface area contributed by atoms with Gasteiger partial charge in [-0.2, -0.15) is 5.10 Å². The van der Waals surface area contributed by atoms with Crippen LogP contribution < -0.4 is 10.6 Å². The number of nitrogens with zero attached hydrogens (tertiary/aromatic N) is 4. The molecule has 0 saturated carbocycles. The van der Waals surface area contributed by atoms with Crippen molar-refractivity contribution < 1.29 is 4.42 Å². The lowest BCUT2D eigenvalue weighted by molar-refractivity contribution is 0.463. The number of nitrogens with one attached hydrogen (secondary N) is 2. The quantitative estimate of drug-likeness (QED) is 0.551. The minimum atomic E-state index is 0.481. The molecule has 2 heterocycles. The normalized spacial score (nSPS) is 11.6. The van der Waals surface area contributed by atoms with Crippen LogP contribution in [0.5, 0.6) is 0 Å². The van der Waals surface area contributed by atoms with E-state index < -0.39 is 0 Å². The molecule has 0 amide bonds. The first kappa shape index (κ1) is 16.8. The molecule has 2 aromatic heterocycles. The lowest BCUT2D eigenvalue weighted by Crippen LogP contribution is -2.36. The lowest BCUT2D eigenvalue weighted by Gasteiger charge is -2.13. The van der Waals surface area contributed by atoms with Crippen molar-refractivity contribution in [2.45, 2.75) is 26.9 Å². The fourth-order valence-corrected chi connectivity index (χ4v) is 2.47. The summed E-state index contributed by atoms with van der Waals surface area (Å²) in [4.78, 5) is 8.60. The van der Waals surface area contributed by atoms with Crippen molar-refractivity contribution in [3.63, 3.8) is 0 Å². The summed E-state index contributed by atoms with van der Waals surface area (Å²) in [6.45, 7) is 4.95. The fraction of sp³-hybridized carbons (Fsp3) is 0.278. The van der Waals surface area contributed by atoms with Gasteiger partial charge in [-0.25, -0.2) is 9.67 Å². The molecule has 0 atom stereocenters. The molecule has 0 bridgehead atoms. The maximum Gasteiger partial charge on any atom is 0.214 e. The predicted molar refractivity (Wildman–Crippen MR) is 96.6 cm³/mol. The van der Waals surface area contributed by atoms with Crippen LogP contribution >= 0.6 is 0 Å². The SMILES string of the molecule is CN=C(NCc1nc(C)c(C)o1)NCc1ccccc1-n1cccn1. The van der Waals surface area contributed by atoms with Gasteiger partial charge in [-0.3, -0.25) is 4.99 Å². The van der Waals surface area contributed by atoms with Gasteiger partial charge in [0, 0.05) is 26.0 Å². The second-order valence-corrected chi connectivity index (χ2v) is 5.61. The van der Waals surface area contributed by atoms with Gasteiger partial charge >= 0.3 is 0 Å². The molecular formula is C18H22N6O. The number of para-hydroxylation sites is 1. The van der Waals surface area contributed by atoms with Gasteiger partial charge in [0.1, 0.15) is 5.76 Å². The zero-order chi connectivity index (χ0) is 17.6. The van der Waals surface area contributed by atoms with E-state index in [0.29, 0.717) is 24.9 Å². The Labute approximate surface area is 146 Å². The molecule has 25 heavy (non-hydrogen) atoms. The van der Waals surface area contributed by atoms with Crippen LogP contribution in [0, 0.1) is 13.8 Å². The monoisotopic (exact) mass is 338 g/mol. The molecular weight excluding hydrogens is 316 g/mol. The van der Waals surface area contributed by atoms with Gasteiger partial charge in [0.05, 0.1) is 17.9 Å². The van der Waals surface area contributed by atoms with Gasteiger partial charge in [0.15, 0.2) is 5.96 Å². The van der Waals surface area contributed by atoms with Crippen LogP contribution in [-0.4, -0.2) is 27.8 Å². The highest BCUT2D eigenvalue weighted by atomic mass is 16.4. The van der Waals surface area contributed by atoms with Crippen LogP contribution in [0.3, 0.4) is 0 Å². The van der Waals surface area contributed by atoms with Gasteiger partial charge in [0.25, 0.3) is 0 Å². The zero-order valence-corrected chi connectivity index (χ0v) is 14.7. The van der Waals surface area contributed by atoms with Gasteiger partial charge in [-0.05, 0) is 31.5 Å². The Morgan fingerprint density at radius 2 is 1.96 bits per heavy atom. The van der Waals surface area contributed by atoms with Crippen LogP contribution in [0.25, 0.3) is 5.69 Å². The summed E-state index contributed by atoms with van der Waals surface area (Å²) in [5, 5.41) is 10.8. The Morgan fingerprint density at radius 3 is 2.64 bits per heavy atom. The smallest absolute Gasteiger partial charge is 0.214 e. The number of guanidine groups is 1. The number of benzene rings is 1. The summed E-state index contributed by atoms with van der Waals surface area (Å²) in [6.07, 6.45) is 3.70. The maximum atomic E-state index is 5.57. The van der Waals surface area contributed by atoms with Gasteiger partial charge in [-0.15, -0.1) is 0 Å². The highest BCUT2D eigenvalue weighted by molar-refractivity contribution is 5.79. The van der Waals surface area contributed by atoms with E-state index in [-0.39, 0.29) is 0 Å². The largest absolute Gasteiger partial charge is 0.444 e. The molecule has 130 valence electrons. The third-order valence-electron chi connectivity index (χ3n) is 3.89. The Kier molecular flexibility index (Phi) is 5.13. The molecule has 3 rings (SSSR count). The maximum absolute atomic E-state index is 5.57. The standard InChI is InChI=1S/C18H22N6O/c1-13-14(2)25-17(23-13)12-21-18(19-3)20-11-15-7-4-5-8-16(15)24-10-6-9-22-24/h4-10H,11-12H2,1-3H3,(H2,19,20,21). The van der Waals surface area contributed by atoms with E-state index in [1.165, 1.54) is 0 Å². The molecule has 1 aromatic carbocycles. The minimum Gasteiger partial charge on any atom is -0.444 e. The van der Waals surface area contributed by atoms with E-state index >= 15 is 0 Å². The first-order valence-electron chi connectivity index (χ1n) is 8.12. The van der Waals surface area contributed by atoms with E-state index in [1.807, 2.05) is 49.0 Å². The van der Waals surface area contributed by atoms with Crippen molar-refractivity contribution in [1.82, 2.24) is 25.4 Å². The summed E-state index contributed by atoms with van der Waals surface area (Å²) >= 11 is 0. The van der Waals surface area contributed by atoms with Crippen molar-refractivity contribution in [2.24, 2.45) is 4.99 Å². The number of rotatable bonds is 5. The van der Waals surface area contributed by atoms with Crippen LogP contribution in [0.2, 0.25) is 0 Å². The molecule has 2 N–H and O–H groups in total. The average Bonchev–Trinajstić information content (AvgIpc) is 3.26. The third-order valence-corrected chi connectivity index (χ3v) is 3.89. The van der Waals surface area contributed by atoms with Crippen LogP contribution in [-0.2, 0) is 13.1 Å². The minimum absolute atomic E-state index is 0.481. The Hall–Kier alpha value is -3.09. The lowest BCUT2D eigenvalue weighted by atomic mass is 10.2. The first-order chi connectivity index (χ1) is 12.2. The fourth-order valence-electron chi connectivity index (χ4n) is 2.47.